The summed E-state index contributed by atoms with van der Waals surface area (Å²) in [4.78, 5) is 4.46. The third-order valence-electron chi connectivity index (χ3n) is 2.51. The number of aryl methyl sites for hydroxylation is 1. The van der Waals surface area contributed by atoms with Gasteiger partial charge in [-0.05, 0) is 37.1 Å². The van der Waals surface area contributed by atoms with Crippen molar-refractivity contribution in [3.8, 4) is 17.0 Å². The Labute approximate surface area is 114 Å². The normalized spacial score (nSPS) is 10.9. The Bertz CT molecular complexity index is 540. The summed E-state index contributed by atoms with van der Waals surface area (Å²) in [6.07, 6.45) is 1.90. The molecule has 0 radical (unpaired) electrons. The van der Waals surface area contributed by atoms with Gasteiger partial charge in [-0.25, -0.2) is 4.98 Å². The van der Waals surface area contributed by atoms with Gasteiger partial charge in [0.1, 0.15) is 16.4 Å². The SMILES string of the molecule is CCCc1nc(-c2ccc(OC(F)F)cc2)c(N)s1. The van der Waals surface area contributed by atoms with Crippen LogP contribution in [0.1, 0.15) is 18.4 Å². The van der Waals surface area contributed by atoms with Crippen molar-refractivity contribution >= 4 is 16.3 Å². The molecule has 0 spiro atoms. The van der Waals surface area contributed by atoms with Crippen molar-refractivity contribution in [3.05, 3.63) is 29.3 Å². The highest BCUT2D eigenvalue weighted by Crippen LogP contribution is 2.32. The van der Waals surface area contributed by atoms with E-state index in [1.54, 1.807) is 12.1 Å². The van der Waals surface area contributed by atoms with Crippen molar-refractivity contribution < 1.29 is 13.5 Å². The van der Waals surface area contributed by atoms with Crippen LogP contribution in [0.15, 0.2) is 24.3 Å². The number of hydrogen-bond acceptors (Lipinski definition) is 4. The Morgan fingerprint density at radius 1 is 1.32 bits per heavy atom. The fraction of sp³-hybridized carbons (Fsp3) is 0.308. The molecule has 0 amide bonds. The number of benzene rings is 1. The number of rotatable bonds is 5. The van der Waals surface area contributed by atoms with Gasteiger partial charge in [0.15, 0.2) is 0 Å². The second-order valence-electron chi connectivity index (χ2n) is 3.97. The summed E-state index contributed by atoms with van der Waals surface area (Å²) in [6.45, 7) is -0.736. The molecule has 0 saturated heterocycles. The molecule has 0 atom stereocenters. The van der Waals surface area contributed by atoms with E-state index >= 15 is 0 Å². The first-order valence-corrected chi connectivity index (χ1v) is 6.72. The Morgan fingerprint density at radius 2 is 2.00 bits per heavy atom. The number of halogens is 2. The molecule has 0 fully saturated rings. The van der Waals surface area contributed by atoms with Crippen molar-refractivity contribution in [1.82, 2.24) is 4.98 Å². The van der Waals surface area contributed by atoms with E-state index in [0.717, 1.165) is 23.4 Å². The second kappa shape index (κ2) is 5.97. The van der Waals surface area contributed by atoms with E-state index in [2.05, 4.69) is 16.6 Å². The zero-order valence-electron chi connectivity index (χ0n) is 10.4. The lowest BCUT2D eigenvalue weighted by Crippen LogP contribution is -2.01. The molecule has 3 nitrogen and oxygen atoms in total. The standard InChI is InChI=1S/C13H14F2N2OS/c1-2-3-10-17-11(12(16)19-10)8-4-6-9(7-5-8)18-13(14)15/h4-7,13H,2-3,16H2,1H3. The van der Waals surface area contributed by atoms with E-state index in [1.807, 2.05) is 0 Å². The number of alkyl halides is 2. The summed E-state index contributed by atoms with van der Waals surface area (Å²) < 4.78 is 28.4. The van der Waals surface area contributed by atoms with Crippen LogP contribution in [0.2, 0.25) is 0 Å². The van der Waals surface area contributed by atoms with E-state index < -0.39 is 6.61 Å². The van der Waals surface area contributed by atoms with Crippen LogP contribution in [0.3, 0.4) is 0 Å². The smallest absolute Gasteiger partial charge is 0.387 e. The predicted molar refractivity (Wildman–Crippen MR) is 72.6 cm³/mol. The van der Waals surface area contributed by atoms with Gasteiger partial charge >= 0.3 is 6.61 Å². The molecule has 0 bridgehead atoms. The molecule has 1 aromatic heterocycles. The van der Waals surface area contributed by atoms with Gasteiger partial charge in [0.05, 0.1) is 5.01 Å². The van der Waals surface area contributed by atoms with Crippen LogP contribution in [0.25, 0.3) is 11.3 Å². The molecule has 0 aliphatic heterocycles. The molecule has 102 valence electrons. The highest BCUT2D eigenvalue weighted by molar-refractivity contribution is 7.16. The number of nitrogen functional groups attached to an aromatic ring is 1. The Balaban J connectivity index is 2.21. The first-order chi connectivity index (χ1) is 9.10. The Kier molecular flexibility index (Phi) is 4.31. The maximum atomic E-state index is 12.0. The lowest BCUT2D eigenvalue weighted by Gasteiger charge is -2.04. The lowest BCUT2D eigenvalue weighted by molar-refractivity contribution is -0.0498. The van der Waals surface area contributed by atoms with E-state index in [9.17, 15) is 8.78 Å². The van der Waals surface area contributed by atoms with Crippen LogP contribution >= 0.6 is 11.3 Å². The number of thiazole rings is 1. The van der Waals surface area contributed by atoms with Gasteiger partial charge in [-0.15, -0.1) is 11.3 Å². The molecule has 0 aliphatic carbocycles. The molecule has 19 heavy (non-hydrogen) atoms. The van der Waals surface area contributed by atoms with Crippen LogP contribution in [-0.2, 0) is 6.42 Å². The Morgan fingerprint density at radius 3 is 2.58 bits per heavy atom. The highest BCUT2D eigenvalue weighted by Gasteiger charge is 2.11. The van der Waals surface area contributed by atoms with E-state index in [0.29, 0.717) is 10.7 Å². The van der Waals surface area contributed by atoms with Gasteiger partial charge in [0.2, 0.25) is 0 Å². The van der Waals surface area contributed by atoms with Crippen LogP contribution in [0, 0.1) is 0 Å². The summed E-state index contributed by atoms with van der Waals surface area (Å²) in [7, 11) is 0. The first kappa shape index (κ1) is 13.7. The average Bonchev–Trinajstić information content (AvgIpc) is 2.71. The van der Waals surface area contributed by atoms with Crippen molar-refractivity contribution in [1.29, 1.82) is 0 Å². The second-order valence-corrected chi connectivity index (χ2v) is 5.09. The summed E-state index contributed by atoms with van der Waals surface area (Å²) in [5, 5.41) is 1.63. The fourth-order valence-electron chi connectivity index (χ4n) is 1.70. The number of aromatic nitrogens is 1. The van der Waals surface area contributed by atoms with Crippen molar-refractivity contribution in [2.45, 2.75) is 26.4 Å². The molecule has 2 rings (SSSR count). The number of hydrogen-bond donors (Lipinski definition) is 1. The van der Waals surface area contributed by atoms with Gasteiger partial charge in [-0.2, -0.15) is 8.78 Å². The largest absolute Gasteiger partial charge is 0.435 e. The minimum absolute atomic E-state index is 0.126. The first-order valence-electron chi connectivity index (χ1n) is 5.90. The third-order valence-corrected chi connectivity index (χ3v) is 3.46. The Hall–Kier alpha value is -1.69. The molecule has 6 heteroatoms. The van der Waals surface area contributed by atoms with E-state index in [1.165, 1.54) is 23.5 Å². The summed E-state index contributed by atoms with van der Waals surface area (Å²) in [5.41, 5.74) is 7.44. The number of nitrogens with two attached hydrogens (primary N) is 1. The average molecular weight is 284 g/mol. The highest BCUT2D eigenvalue weighted by atomic mass is 32.1. The summed E-state index contributed by atoms with van der Waals surface area (Å²) in [6, 6.07) is 6.33. The minimum Gasteiger partial charge on any atom is -0.435 e. The van der Waals surface area contributed by atoms with Crippen LogP contribution in [0.4, 0.5) is 13.8 Å². The van der Waals surface area contributed by atoms with Gasteiger partial charge in [0.25, 0.3) is 0 Å². The molecule has 0 aliphatic rings. The van der Waals surface area contributed by atoms with Crippen LogP contribution in [0.5, 0.6) is 5.75 Å². The maximum absolute atomic E-state index is 12.0. The zero-order chi connectivity index (χ0) is 13.8. The van der Waals surface area contributed by atoms with Gasteiger partial charge in [0, 0.05) is 5.56 Å². The van der Waals surface area contributed by atoms with Gasteiger partial charge in [-0.1, -0.05) is 6.92 Å². The number of anilines is 1. The minimum atomic E-state index is -2.81. The fourth-order valence-corrected chi connectivity index (χ4v) is 2.66. The van der Waals surface area contributed by atoms with E-state index in [-0.39, 0.29) is 5.75 Å². The molecular weight excluding hydrogens is 270 g/mol. The van der Waals surface area contributed by atoms with Gasteiger partial charge < -0.3 is 10.5 Å². The van der Waals surface area contributed by atoms with Crippen LogP contribution in [-0.4, -0.2) is 11.6 Å². The van der Waals surface area contributed by atoms with Crippen LogP contribution < -0.4 is 10.5 Å². The summed E-state index contributed by atoms with van der Waals surface area (Å²) >= 11 is 1.46. The van der Waals surface area contributed by atoms with Crippen molar-refractivity contribution in [3.63, 3.8) is 0 Å². The monoisotopic (exact) mass is 284 g/mol. The molecule has 2 N–H and O–H groups in total. The number of nitrogens with zero attached hydrogens (tertiary/aromatic N) is 1. The molecule has 1 aromatic carbocycles. The van der Waals surface area contributed by atoms with Gasteiger partial charge in [-0.3, -0.25) is 0 Å². The lowest BCUT2D eigenvalue weighted by atomic mass is 10.1. The third kappa shape index (κ3) is 3.41. The summed E-state index contributed by atoms with van der Waals surface area (Å²) in [5.74, 6) is 0.126. The van der Waals surface area contributed by atoms with Crippen molar-refractivity contribution in [2.75, 3.05) is 5.73 Å². The molecule has 0 saturated carbocycles. The van der Waals surface area contributed by atoms with Crippen molar-refractivity contribution in [2.24, 2.45) is 0 Å². The molecule has 0 unspecified atom stereocenters. The topological polar surface area (TPSA) is 48.1 Å². The molecule has 1 heterocycles. The maximum Gasteiger partial charge on any atom is 0.387 e. The quantitative estimate of drug-likeness (QED) is 0.904. The predicted octanol–water partition coefficient (Wildman–Crippen LogP) is 3.95. The molecular formula is C13H14F2N2OS. The number of ether oxygens (including phenoxy) is 1. The zero-order valence-corrected chi connectivity index (χ0v) is 11.2. The molecule has 2 aromatic rings. The van der Waals surface area contributed by atoms with E-state index in [4.69, 9.17) is 5.73 Å².